The van der Waals surface area contributed by atoms with Gasteiger partial charge in [0.15, 0.2) is 0 Å². The molecule has 3 rings (SSSR count). The molecule has 0 aliphatic carbocycles. The highest BCUT2D eigenvalue weighted by molar-refractivity contribution is 5.82. The first kappa shape index (κ1) is 25.8. The molecule has 33 heavy (non-hydrogen) atoms. The molecule has 0 radical (unpaired) electrons. The molecule has 0 aromatic heterocycles. The largest absolute Gasteiger partial charge is 0.456 e. The Morgan fingerprint density at radius 3 is 2.85 bits per heavy atom. The number of ether oxygens (including phenoxy) is 4. The van der Waals surface area contributed by atoms with E-state index in [1.807, 2.05) is 6.08 Å². The number of esters is 1. The number of aliphatic hydroxyl groups is 2. The van der Waals surface area contributed by atoms with Gasteiger partial charge in [0, 0.05) is 19.6 Å². The van der Waals surface area contributed by atoms with Crippen molar-refractivity contribution in [2.24, 2.45) is 5.92 Å². The molecule has 184 valence electrons. The lowest BCUT2D eigenvalue weighted by atomic mass is 9.91. The minimum Gasteiger partial charge on any atom is -0.456 e. The summed E-state index contributed by atoms with van der Waals surface area (Å²) in [6.07, 6.45) is 11.4. The van der Waals surface area contributed by atoms with Crippen LogP contribution in [0.3, 0.4) is 0 Å². The normalized spacial score (nSPS) is 38.1. The fourth-order valence-corrected chi connectivity index (χ4v) is 4.61. The molecule has 0 spiro atoms. The molecular weight excluding hydrogens is 424 g/mol. The number of carbonyl (C=O) groups excluding carboxylic acids is 1. The topological polar surface area (TPSA) is 97.8 Å². The quantitative estimate of drug-likeness (QED) is 0.376. The minimum absolute atomic E-state index is 0.0807. The van der Waals surface area contributed by atoms with Crippen molar-refractivity contribution in [3.05, 3.63) is 48.6 Å². The number of fused-ring (bicyclic) bond motifs is 3. The van der Waals surface area contributed by atoms with E-state index in [-0.39, 0.29) is 24.4 Å². The molecule has 3 aliphatic heterocycles. The maximum atomic E-state index is 12.4. The van der Waals surface area contributed by atoms with Crippen molar-refractivity contribution < 1.29 is 34.0 Å². The smallest absolute Gasteiger partial charge is 0.330 e. The summed E-state index contributed by atoms with van der Waals surface area (Å²) in [6, 6.07) is 0. The summed E-state index contributed by atoms with van der Waals surface area (Å²) >= 11 is 0. The number of rotatable bonds is 4. The monoisotopic (exact) mass is 462 g/mol. The molecule has 7 nitrogen and oxygen atoms in total. The third-order valence-corrected chi connectivity index (χ3v) is 6.25. The zero-order valence-corrected chi connectivity index (χ0v) is 19.7. The highest BCUT2D eigenvalue weighted by Crippen LogP contribution is 2.34. The first-order valence-corrected chi connectivity index (χ1v) is 11.9. The Kier molecular flexibility index (Phi) is 9.89. The third-order valence-electron chi connectivity index (χ3n) is 6.25. The summed E-state index contributed by atoms with van der Waals surface area (Å²) in [5.41, 5.74) is 0.988. The van der Waals surface area contributed by atoms with E-state index in [0.717, 1.165) is 24.8 Å². The molecule has 3 aliphatic rings. The second-order valence-electron chi connectivity index (χ2n) is 9.39. The molecule has 2 bridgehead atoms. The van der Waals surface area contributed by atoms with Crippen molar-refractivity contribution in [1.29, 1.82) is 0 Å². The first-order chi connectivity index (χ1) is 15.9. The Bertz CT molecular complexity index is 743. The predicted octanol–water partition coefficient (Wildman–Crippen LogP) is 3.02. The molecule has 3 heterocycles. The summed E-state index contributed by atoms with van der Waals surface area (Å²) in [5, 5.41) is 21.2. The number of hydrogen-bond donors (Lipinski definition) is 2. The summed E-state index contributed by atoms with van der Waals surface area (Å²) < 4.78 is 22.4. The van der Waals surface area contributed by atoms with Crippen molar-refractivity contribution in [2.45, 2.75) is 88.2 Å². The Morgan fingerprint density at radius 1 is 1.24 bits per heavy atom. The molecule has 1 fully saturated rings. The Balaban J connectivity index is 1.71. The summed E-state index contributed by atoms with van der Waals surface area (Å²) in [7, 11) is 1.56. The highest BCUT2D eigenvalue weighted by Gasteiger charge is 2.46. The first-order valence-electron chi connectivity index (χ1n) is 11.9. The molecule has 0 unspecified atom stereocenters. The number of cyclic esters (lactones) is 1. The summed E-state index contributed by atoms with van der Waals surface area (Å²) in [5.74, 6) is -0.142. The second kappa shape index (κ2) is 12.6. The zero-order chi connectivity index (χ0) is 23.8. The van der Waals surface area contributed by atoms with Crippen LogP contribution in [0, 0.1) is 5.92 Å². The van der Waals surface area contributed by atoms with E-state index in [0.29, 0.717) is 31.8 Å². The van der Waals surface area contributed by atoms with E-state index in [1.165, 1.54) is 6.08 Å². The Hall–Kier alpha value is -1.77. The summed E-state index contributed by atoms with van der Waals surface area (Å²) in [6.45, 7) is 6.69. The molecule has 0 saturated carbocycles. The van der Waals surface area contributed by atoms with Crippen molar-refractivity contribution >= 4 is 5.97 Å². The number of aliphatic hydroxyl groups excluding tert-OH is 2. The molecular formula is C26H38O7. The van der Waals surface area contributed by atoms with Crippen LogP contribution in [0.4, 0.5) is 0 Å². The van der Waals surface area contributed by atoms with Gasteiger partial charge in [0.1, 0.15) is 18.3 Å². The van der Waals surface area contributed by atoms with Crippen molar-refractivity contribution in [3.63, 3.8) is 0 Å². The predicted molar refractivity (Wildman–Crippen MR) is 125 cm³/mol. The fourth-order valence-electron chi connectivity index (χ4n) is 4.61. The Morgan fingerprint density at radius 2 is 2.06 bits per heavy atom. The van der Waals surface area contributed by atoms with E-state index in [9.17, 15) is 15.0 Å². The zero-order valence-electron chi connectivity index (χ0n) is 19.7. The molecule has 7 heteroatoms. The van der Waals surface area contributed by atoms with Crippen molar-refractivity contribution in [3.8, 4) is 0 Å². The maximum Gasteiger partial charge on any atom is 0.330 e. The van der Waals surface area contributed by atoms with Gasteiger partial charge in [-0.1, -0.05) is 49.5 Å². The van der Waals surface area contributed by atoms with E-state index >= 15 is 0 Å². The van der Waals surface area contributed by atoms with Crippen LogP contribution in [0.1, 0.15) is 45.4 Å². The molecule has 1 saturated heterocycles. The van der Waals surface area contributed by atoms with Gasteiger partial charge in [-0.15, -0.1) is 0 Å². The number of methoxy groups -OCH3 is 1. The van der Waals surface area contributed by atoms with Crippen molar-refractivity contribution in [2.75, 3.05) is 13.7 Å². The van der Waals surface area contributed by atoms with Gasteiger partial charge in [0.05, 0.1) is 31.0 Å². The van der Waals surface area contributed by atoms with Crippen LogP contribution < -0.4 is 0 Å². The van der Waals surface area contributed by atoms with Crippen LogP contribution in [-0.4, -0.2) is 72.6 Å². The molecule has 8 atom stereocenters. The van der Waals surface area contributed by atoms with E-state index in [1.54, 1.807) is 25.3 Å². The second-order valence-corrected chi connectivity index (χ2v) is 9.39. The lowest BCUT2D eigenvalue weighted by Crippen LogP contribution is -2.32. The van der Waals surface area contributed by atoms with E-state index < -0.39 is 24.3 Å². The van der Waals surface area contributed by atoms with Crippen molar-refractivity contribution in [1.82, 2.24) is 0 Å². The van der Waals surface area contributed by atoms with E-state index in [4.69, 9.17) is 18.9 Å². The maximum absolute atomic E-state index is 12.4. The third kappa shape index (κ3) is 8.50. The summed E-state index contributed by atoms with van der Waals surface area (Å²) in [4.78, 5) is 12.4. The molecule has 2 N–H and O–H groups in total. The van der Waals surface area contributed by atoms with Gasteiger partial charge in [-0.05, 0) is 38.0 Å². The van der Waals surface area contributed by atoms with Gasteiger partial charge in [0.25, 0.3) is 0 Å². The van der Waals surface area contributed by atoms with Gasteiger partial charge in [-0.25, -0.2) is 4.79 Å². The average molecular weight is 463 g/mol. The van der Waals surface area contributed by atoms with Gasteiger partial charge in [0.2, 0.25) is 0 Å². The lowest BCUT2D eigenvalue weighted by Gasteiger charge is -2.28. The van der Waals surface area contributed by atoms with Crippen LogP contribution in [-0.2, 0) is 23.7 Å². The molecule has 0 aromatic carbocycles. The number of hydrogen-bond acceptors (Lipinski definition) is 7. The van der Waals surface area contributed by atoms with E-state index in [2.05, 4.69) is 19.6 Å². The van der Waals surface area contributed by atoms with Crippen LogP contribution in [0.15, 0.2) is 48.6 Å². The van der Waals surface area contributed by atoms with Gasteiger partial charge in [-0.3, -0.25) is 0 Å². The van der Waals surface area contributed by atoms with Gasteiger partial charge < -0.3 is 29.2 Å². The molecule has 0 amide bonds. The fraction of sp³-hybridized carbons (Fsp3) is 0.654. The minimum atomic E-state index is -1.01. The van der Waals surface area contributed by atoms with Crippen LogP contribution in [0.25, 0.3) is 0 Å². The lowest BCUT2D eigenvalue weighted by molar-refractivity contribution is -0.148. The number of carbonyl (C=O) groups is 1. The van der Waals surface area contributed by atoms with Crippen LogP contribution in [0.5, 0.6) is 0 Å². The average Bonchev–Trinajstić information content (AvgIpc) is 3.52. The SMILES string of the molecule is C=C1C[C@H](C)C[C@@H]2CC=C[C@@H](C/C=C\C(=O)O[C@H]([C@@H](O)/C=C/COC)C[C@@H]3O[C@H]3[C@@H](O)C1)O2. The number of epoxide rings is 1. The molecule has 0 aromatic rings. The highest BCUT2D eigenvalue weighted by atomic mass is 16.6. The van der Waals surface area contributed by atoms with Gasteiger partial charge in [-0.2, -0.15) is 0 Å². The van der Waals surface area contributed by atoms with Crippen LogP contribution >= 0.6 is 0 Å². The Labute approximate surface area is 196 Å². The van der Waals surface area contributed by atoms with Gasteiger partial charge >= 0.3 is 5.97 Å². The van der Waals surface area contributed by atoms with Crippen LogP contribution in [0.2, 0.25) is 0 Å². The standard InChI is InChI=1S/C26H38O7/c1-17-13-18(2)15-22(28)26-24(33-26)16-23(21(27)10-6-12-30-3)32-25(29)11-5-8-19-7-4-9-20(14-17)31-19/h4-7,10-11,17,19-24,26-28H,2,8-9,12-16H2,1,3H3/b10-6+,11-5-/t17-,19-,20-,21-,22-,23-,24-,26-/m0/s1.